The van der Waals surface area contributed by atoms with E-state index in [1.165, 1.54) is 26.0 Å². The second-order valence-electron chi connectivity index (χ2n) is 13.5. The molecule has 9 heteroatoms. The highest BCUT2D eigenvalue weighted by Gasteiger charge is 2.41. The maximum absolute atomic E-state index is 15.4. The minimum Gasteiger partial charge on any atom is -0.351 e. The first-order valence-corrected chi connectivity index (χ1v) is 14.5. The molecule has 4 rings (SSSR count). The summed E-state index contributed by atoms with van der Waals surface area (Å²) in [5.41, 5.74) is 0.200. The highest BCUT2D eigenvalue weighted by molar-refractivity contribution is 6.34. The van der Waals surface area contributed by atoms with Crippen LogP contribution < -0.4 is 10.6 Å². The second-order valence-corrected chi connectivity index (χ2v) is 13.9. The molecule has 0 unspecified atom stereocenters. The number of amides is 3. The maximum atomic E-state index is 15.4. The molecule has 0 atom stereocenters. The smallest absolute Gasteiger partial charge is 0.260 e. The number of nitrogens with zero attached hydrogens (tertiary/aromatic N) is 1. The summed E-state index contributed by atoms with van der Waals surface area (Å²) in [5.74, 6) is -2.29. The summed E-state index contributed by atoms with van der Waals surface area (Å²) in [6.07, 6.45) is 4.04. The number of carbonyl (C=O) groups is 3. The lowest BCUT2D eigenvalue weighted by Gasteiger charge is -2.46. The van der Waals surface area contributed by atoms with Gasteiger partial charge in [0.15, 0.2) is 0 Å². The van der Waals surface area contributed by atoms with Crippen molar-refractivity contribution < 1.29 is 23.2 Å². The molecule has 3 amide bonds. The number of fused-ring (bicyclic) bond motifs is 1. The highest BCUT2D eigenvalue weighted by Crippen LogP contribution is 2.41. The van der Waals surface area contributed by atoms with Gasteiger partial charge in [0, 0.05) is 41.4 Å². The second kappa shape index (κ2) is 11.3. The van der Waals surface area contributed by atoms with Crippen molar-refractivity contribution in [1.29, 1.82) is 0 Å². The third kappa shape index (κ3) is 6.42. The van der Waals surface area contributed by atoms with E-state index < -0.39 is 29.7 Å². The third-order valence-electron chi connectivity index (χ3n) is 8.60. The number of anilines is 1. The fourth-order valence-corrected chi connectivity index (χ4v) is 5.96. The molecule has 0 bridgehead atoms. The van der Waals surface area contributed by atoms with Crippen molar-refractivity contribution in [3.63, 3.8) is 0 Å². The van der Waals surface area contributed by atoms with E-state index in [1.807, 2.05) is 11.0 Å². The van der Waals surface area contributed by atoms with Crippen LogP contribution in [0.2, 0.25) is 5.02 Å². The Morgan fingerprint density at radius 3 is 2.39 bits per heavy atom. The predicted octanol–water partition coefficient (Wildman–Crippen LogP) is 7.05. The molecule has 0 saturated heterocycles. The Bertz CT molecular complexity index is 1360. The van der Waals surface area contributed by atoms with Crippen molar-refractivity contribution in [1.82, 2.24) is 10.2 Å². The molecule has 0 radical (unpaired) electrons. The molecule has 0 aromatic heterocycles. The lowest BCUT2D eigenvalue weighted by molar-refractivity contribution is -0.130. The Kier molecular flexibility index (Phi) is 8.57. The number of benzene rings is 2. The van der Waals surface area contributed by atoms with Gasteiger partial charge < -0.3 is 15.5 Å². The molecule has 1 aliphatic carbocycles. The van der Waals surface area contributed by atoms with E-state index in [1.54, 1.807) is 12.1 Å². The monoisotopic (exact) mass is 587 g/mol. The molecule has 0 spiro atoms. The van der Waals surface area contributed by atoms with Gasteiger partial charge in [-0.3, -0.25) is 14.4 Å². The topological polar surface area (TPSA) is 78.5 Å². The number of rotatable bonds is 7. The molecule has 2 N–H and O–H groups in total. The first-order chi connectivity index (χ1) is 19.1. The zero-order valence-electron chi connectivity index (χ0n) is 24.7. The van der Waals surface area contributed by atoms with Crippen LogP contribution in [-0.4, -0.2) is 41.9 Å². The van der Waals surface area contributed by atoms with Crippen LogP contribution in [0.15, 0.2) is 30.3 Å². The van der Waals surface area contributed by atoms with E-state index in [4.69, 9.17) is 11.6 Å². The molecular weight excluding hydrogens is 548 g/mol. The zero-order valence-corrected chi connectivity index (χ0v) is 25.5. The Morgan fingerprint density at radius 2 is 1.76 bits per heavy atom. The van der Waals surface area contributed by atoms with Gasteiger partial charge in [-0.05, 0) is 68.7 Å². The zero-order chi connectivity index (χ0) is 30.3. The van der Waals surface area contributed by atoms with Crippen LogP contribution in [0, 0.1) is 16.6 Å². The molecule has 41 heavy (non-hydrogen) atoms. The minimum absolute atomic E-state index is 0.0382. The summed E-state index contributed by atoms with van der Waals surface area (Å²) >= 11 is 6.22. The molecule has 2 aromatic rings. The van der Waals surface area contributed by atoms with Crippen LogP contribution in [0.3, 0.4) is 0 Å². The number of hydrogen-bond acceptors (Lipinski definition) is 3. The summed E-state index contributed by atoms with van der Waals surface area (Å²) in [5, 5.41) is 5.11. The summed E-state index contributed by atoms with van der Waals surface area (Å²) in [6, 6.07) is 8.14. The Morgan fingerprint density at radius 1 is 1.10 bits per heavy atom. The SMILES string of the molecule is CC1(C)CCC(N2CC(C)(C)c3ccc(NC(=O)c4c(Cl)ccc(CNC(=O)C(C)(C)CF)c4F)cc3C2=O)CC1. The van der Waals surface area contributed by atoms with Crippen LogP contribution in [0.5, 0.6) is 0 Å². The normalized spacial score (nSPS) is 18.6. The molecule has 1 saturated carbocycles. The van der Waals surface area contributed by atoms with Gasteiger partial charge in [0.1, 0.15) is 12.5 Å². The predicted molar refractivity (Wildman–Crippen MR) is 158 cm³/mol. The fourth-order valence-electron chi connectivity index (χ4n) is 5.73. The number of halogens is 3. The minimum atomic E-state index is -1.26. The van der Waals surface area contributed by atoms with Crippen molar-refractivity contribution in [3.8, 4) is 0 Å². The van der Waals surface area contributed by atoms with Gasteiger partial charge in [0.25, 0.3) is 11.8 Å². The van der Waals surface area contributed by atoms with Gasteiger partial charge in [-0.2, -0.15) is 0 Å². The van der Waals surface area contributed by atoms with Crippen molar-refractivity contribution >= 4 is 35.0 Å². The van der Waals surface area contributed by atoms with Crippen LogP contribution in [-0.2, 0) is 16.8 Å². The van der Waals surface area contributed by atoms with Crippen molar-refractivity contribution in [2.75, 3.05) is 18.5 Å². The van der Waals surface area contributed by atoms with Crippen LogP contribution >= 0.6 is 11.6 Å². The summed E-state index contributed by atoms with van der Waals surface area (Å²) < 4.78 is 28.6. The fraction of sp³-hybridized carbons (Fsp3) is 0.531. The Balaban J connectivity index is 1.55. The average Bonchev–Trinajstić information content (AvgIpc) is 2.90. The summed E-state index contributed by atoms with van der Waals surface area (Å²) in [7, 11) is 0. The Hall–Kier alpha value is -3.00. The third-order valence-corrected chi connectivity index (χ3v) is 8.91. The molecule has 222 valence electrons. The molecule has 1 aliphatic heterocycles. The van der Waals surface area contributed by atoms with E-state index in [-0.39, 0.29) is 45.5 Å². The standard InChI is InChI=1S/C32H40ClF2N3O3/c1-30(2)13-11-21(12-14-30)38-18-32(5,6)23-9-8-20(15-22(23)28(38)40)37-27(39)25-24(33)10-7-19(26(25)35)16-36-29(41)31(3,4)17-34/h7-10,15,21H,11-14,16-18H2,1-6H3,(H,36,41)(H,37,39). The van der Waals surface area contributed by atoms with Gasteiger partial charge >= 0.3 is 0 Å². The van der Waals surface area contributed by atoms with Gasteiger partial charge in [-0.1, -0.05) is 51.4 Å². The largest absolute Gasteiger partial charge is 0.351 e. The molecule has 1 fully saturated rings. The number of carbonyl (C=O) groups excluding carboxylic acids is 3. The van der Waals surface area contributed by atoms with Crippen molar-refractivity contribution in [2.45, 2.75) is 85.2 Å². The molecule has 2 aromatic carbocycles. The first-order valence-electron chi connectivity index (χ1n) is 14.1. The van der Waals surface area contributed by atoms with Gasteiger partial charge in [-0.25, -0.2) is 8.78 Å². The lowest BCUT2D eigenvalue weighted by atomic mass is 9.73. The number of nitrogens with one attached hydrogen (secondary N) is 2. The maximum Gasteiger partial charge on any atom is 0.260 e. The van der Waals surface area contributed by atoms with E-state index >= 15 is 4.39 Å². The van der Waals surface area contributed by atoms with Crippen molar-refractivity contribution in [2.24, 2.45) is 10.8 Å². The lowest BCUT2D eigenvalue weighted by Crippen LogP contribution is -2.52. The van der Waals surface area contributed by atoms with Crippen LogP contribution in [0.4, 0.5) is 14.5 Å². The molecule has 6 nitrogen and oxygen atoms in total. The summed E-state index contributed by atoms with van der Waals surface area (Å²) in [6.45, 7) is 11.2. The van der Waals surface area contributed by atoms with E-state index in [0.717, 1.165) is 31.2 Å². The van der Waals surface area contributed by atoms with Crippen LogP contribution in [0.1, 0.15) is 99.1 Å². The average molecular weight is 588 g/mol. The van der Waals surface area contributed by atoms with Crippen LogP contribution in [0.25, 0.3) is 0 Å². The van der Waals surface area contributed by atoms with E-state index in [9.17, 15) is 18.8 Å². The quantitative estimate of drug-likeness (QED) is 0.364. The first kappa shape index (κ1) is 30.9. The van der Waals surface area contributed by atoms with Gasteiger partial charge in [-0.15, -0.1) is 0 Å². The Labute approximate surface area is 246 Å². The molecule has 2 aliphatic rings. The number of hydrogen-bond donors (Lipinski definition) is 2. The highest BCUT2D eigenvalue weighted by atomic mass is 35.5. The van der Waals surface area contributed by atoms with Gasteiger partial charge in [0.2, 0.25) is 5.91 Å². The van der Waals surface area contributed by atoms with E-state index in [2.05, 4.69) is 38.3 Å². The summed E-state index contributed by atoms with van der Waals surface area (Å²) in [4.78, 5) is 41.2. The van der Waals surface area contributed by atoms with Crippen molar-refractivity contribution in [3.05, 3.63) is 63.4 Å². The molecule has 1 heterocycles. The van der Waals surface area contributed by atoms with Gasteiger partial charge in [0.05, 0.1) is 16.0 Å². The number of alkyl halides is 1. The molecular formula is C32H40ClF2N3O3. The van der Waals surface area contributed by atoms with E-state index in [0.29, 0.717) is 17.8 Å².